The predicted molar refractivity (Wildman–Crippen MR) is 83.2 cm³/mol. The molecule has 134 valence electrons. The van der Waals surface area contributed by atoms with Crippen molar-refractivity contribution in [2.24, 2.45) is 0 Å². The fourth-order valence-corrected chi connectivity index (χ4v) is 2.14. The molecule has 4 nitrogen and oxygen atoms in total. The van der Waals surface area contributed by atoms with Gasteiger partial charge in [-0.2, -0.15) is 13.2 Å². The van der Waals surface area contributed by atoms with Gasteiger partial charge < -0.3 is 10.1 Å². The number of carbonyl (C=O) groups excluding carboxylic acids is 1. The van der Waals surface area contributed by atoms with E-state index >= 15 is 0 Å². The molecule has 1 amide bonds. The third kappa shape index (κ3) is 6.22. The summed E-state index contributed by atoms with van der Waals surface area (Å²) in [6.07, 6.45) is -3.04. The van der Waals surface area contributed by atoms with Crippen LogP contribution in [0.15, 0.2) is 36.5 Å². The molecule has 0 unspecified atom stereocenters. The standard InChI is InChI=1S/C16H13ClF4N2O2/c17-13-7-11(8-23-15(13)25-9-16(19,20)21)14(24)22-5-4-10-2-1-3-12(18)6-10/h1-3,6-8H,4-5,9H2,(H,22,24). The molecular formula is C16H13ClF4N2O2. The van der Waals surface area contributed by atoms with Gasteiger partial charge in [0.15, 0.2) is 6.61 Å². The van der Waals surface area contributed by atoms with E-state index in [1.165, 1.54) is 12.1 Å². The summed E-state index contributed by atoms with van der Waals surface area (Å²) >= 11 is 5.77. The Bertz CT molecular complexity index is 753. The molecule has 2 rings (SSSR count). The summed E-state index contributed by atoms with van der Waals surface area (Å²) in [7, 11) is 0. The SMILES string of the molecule is O=C(NCCc1cccc(F)c1)c1cnc(OCC(F)(F)F)c(Cl)c1. The summed E-state index contributed by atoms with van der Waals surface area (Å²) < 4.78 is 53.8. The lowest BCUT2D eigenvalue weighted by atomic mass is 10.1. The fourth-order valence-electron chi connectivity index (χ4n) is 1.92. The number of amides is 1. The molecule has 0 saturated heterocycles. The molecule has 0 fully saturated rings. The van der Waals surface area contributed by atoms with E-state index in [1.807, 2.05) is 0 Å². The van der Waals surface area contributed by atoms with E-state index < -0.39 is 24.6 Å². The molecule has 1 heterocycles. The Hall–Kier alpha value is -2.35. The molecule has 0 saturated carbocycles. The Balaban J connectivity index is 1.90. The van der Waals surface area contributed by atoms with Gasteiger partial charge in [0.25, 0.3) is 5.91 Å². The second kappa shape index (κ2) is 8.15. The minimum absolute atomic E-state index is 0.0728. The van der Waals surface area contributed by atoms with Crippen LogP contribution in [0.3, 0.4) is 0 Å². The predicted octanol–water partition coefficient (Wildman–Crippen LogP) is 3.79. The molecular weight excluding hydrogens is 364 g/mol. The van der Waals surface area contributed by atoms with Crippen LogP contribution in [0.25, 0.3) is 0 Å². The van der Waals surface area contributed by atoms with Crippen LogP contribution in [0.5, 0.6) is 5.88 Å². The number of nitrogens with zero attached hydrogens (tertiary/aromatic N) is 1. The number of benzene rings is 1. The van der Waals surface area contributed by atoms with Gasteiger partial charge in [0.05, 0.1) is 5.56 Å². The maximum Gasteiger partial charge on any atom is 0.422 e. The molecule has 0 bridgehead atoms. The van der Waals surface area contributed by atoms with Crippen molar-refractivity contribution in [3.05, 3.63) is 58.5 Å². The van der Waals surface area contributed by atoms with Gasteiger partial charge >= 0.3 is 6.18 Å². The van der Waals surface area contributed by atoms with Crippen LogP contribution in [0.1, 0.15) is 15.9 Å². The Morgan fingerprint density at radius 1 is 1.28 bits per heavy atom. The lowest BCUT2D eigenvalue weighted by molar-refractivity contribution is -0.154. The highest BCUT2D eigenvalue weighted by molar-refractivity contribution is 6.32. The topological polar surface area (TPSA) is 51.2 Å². The molecule has 2 aromatic rings. The Morgan fingerprint density at radius 2 is 2.04 bits per heavy atom. The van der Waals surface area contributed by atoms with Gasteiger partial charge in [-0.1, -0.05) is 23.7 Å². The van der Waals surface area contributed by atoms with Gasteiger partial charge in [-0.15, -0.1) is 0 Å². The van der Waals surface area contributed by atoms with Crippen molar-refractivity contribution in [1.82, 2.24) is 10.3 Å². The highest BCUT2D eigenvalue weighted by Gasteiger charge is 2.29. The molecule has 0 aliphatic heterocycles. The molecule has 1 aromatic heterocycles. The van der Waals surface area contributed by atoms with E-state index in [9.17, 15) is 22.4 Å². The Labute approximate surface area is 145 Å². The summed E-state index contributed by atoms with van der Waals surface area (Å²) in [6, 6.07) is 7.13. The van der Waals surface area contributed by atoms with E-state index in [1.54, 1.807) is 12.1 Å². The molecule has 0 spiro atoms. The number of alkyl halides is 3. The first-order valence-corrected chi connectivity index (χ1v) is 7.50. The van der Waals surface area contributed by atoms with E-state index in [-0.39, 0.29) is 22.9 Å². The van der Waals surface area contributed by atoms with Gasteiger partial charge in [0.1, 0.15) is 10.8 Å². The molecule has 0 aliphatic rings. The summed E-state index contributed by atoms with van der Waals surface area (Å²) in [6.45, 7) is -1.29. The van der Waals surface area contributed by atoms with E-state index in [4.69, 9.17) is 11.6 Å². The number of nitrogens with one attached hydrogen (secondary N) is 1. The van der Waals surface area contributed by atoms with Gasteiger partial charge in [0.2, 0.25) is 5.88 Å². The van der Waals surface area contributed by atoms with Crippen molar-refractivity contribution in [3.63, 3.8) is 0 Å². The molecule has 0 radical (unpaired) electrons. The first-order chi connectivity index (χ1) is 11.7. The van der Waals surface area contributed by atoms with Gasteiger partial charge in [-0.25, -0.2) is 9.37 Å². The van der Waals surface area contributed by atoms with Crippen molar-refractivity contribution in [1.29, 1.82) is 0 Å². The molecule has 25 heavy (non-hydrogen) atoms. The maximum atomic E-state index is 13.0. The molecule has 1 N–H and O–H groups in total. The smallest absolute Gasteiger partial charge is 0.422 e. The van der Waals surface area contributed by atoms with Crippen molar-refractivity contribution in [2.75, 3.05) is 13.2 Å². The van der Waals surface area contributed by atoms with Crippen molar-refractivity contribution < 1.29 is 27.1 Å². The maximum absolute atomic E-state index is 13.0. The van der Waals surface area contributed by atoms with Crippen LogP contribution >= 0.6 is 11.6 Å². The molecule has 9 heteroatoms. The van der Waals surface area contributed by atoms with Crippen LogP contribution < -0.4 is 10.1 Å². The van der Waals surface area contributed by atoms with Crippen LogP contribution in [0.4, 0.5) is 17.6 Å². The van der Waals surface area contributed by atoms with Gasteiger partial charge in [-0.3, -0.25) is 4.79 Å². The minimum Gasteiger partial charge on any atom is -0.467 e. The Morgan fingerprint density at radius 3 is 2.68 bits per heavy atom. The number of rotatable bonds is 6. The van der Waals surface area contributed by atoms with Gasteiger partial charge in [-0.05, 0) is 30.2 Å². The number of halogens is 5. The zero-order valence-corrected chi connectivity index (χ0v) is 13.5. The first-order valence-electron chi connectivity index (χ1n) is 7.12. The highest BCUT2D eigenvalue weighted by Crippen LogP contribution is 2.24. The van der Waals surface area contributed by atoms with E-state index in [2.05, 4.69) is 15.0 Å². The zero-order valence-electron chi connectivity index (χ0n) is 12.7. The average molecular weight is 377 g/mol. The van der Waals surface area contributed by atoms with Crippen LogP contribution in [0.2, 0.25) is 5.02 Å². The quantitative estimate of drug-likeness (QED) is 0.780. The van der Waals surface area contributed by atoms with Gasteiger partial charge in [0, 0.05) is 12.7 Å². The third-order valence-corrected chi connectivity index (χ3v) is 3.30. The highest BCUT2D eigenvalue weighted by atomic mass is 35.5. The molecule has 1 aromatic carbocycles. The monoisotopic (exact) mass is 376 g/mol. The van der Waals surface area contributed by atoms with E-state index in [0.29, 0.717) is 12.0 Å². The number of hydrogen-bond donors (Lipinski definition) is 1. The minimum atomic E-state index is -4.52. The van der Waals surface area contributed by atoms with Crippen LogP contribution in [-0.4, -0.2) is 30.2 Å². The number of carbonyl (C=O) groups is 1. The number of pyridine rings is 1. The second-order valence-corrected chi connectivity index (χ2v) is 5.46. The normalized spacial score (nSPS) is 11.2. The lowest BCUT2D eigenvalue weighted by Crippen LogP contribution is -2.26. The van der Waals surface area contributed by atoms with E-state index in [0.717, 1.165) is 12.3 Å². The largest absolute Gasteiger partial charge is 0.467 e. The lowest BCUT2D eigenvalue weighted by Gasteiger charge is -2.10. The second-order valence-electron chi connectivity index (χ2n) is 5.05. The Kier molecular flexibility index (Phi) is 6.19. The summed E-state index contributed by atoms with van der Waals surface area (Å²) in [5.74, 6) is -1.28. The summed E-state index contributed by atoms with van der Waals surface area (Å²) in [4.78, 5) is 15.6. The van der Waals surface area contributed by atoms with Crippen molar-refractivity contribution in [2.45, 2.75) is 12.6 Å². The average Bonchev–Trinajstić information content (AvgIpc) is 2.52. The third-order valence-electron chi connectivity index (χ3n) is 3.03. The van der Waals surface area contributed by atoms with Crippen molar-refractivity contribution >= 4 is 17.5 Å². The number of hydrogen-bond acceptors (Lipinski definition) is 3. The first kappa shape index (κ1) is 19.0. The van der Waals surface area contributed by atoms with Crippen LogP contribution in [-0.2, 0) is 6.42 Å². The summed E-state index contributed by atoms with van der Waals surface area (Å²) in [5.41, 5.74) is 0.788. The molecule has 0 atom stereocenters. The van der Waals surface area contributed by atoms with Crippen LogP contribution in [0, 0.1) is 5.82 Å². The number of aromatic nitrogens is 1. The van der Waals surface area contributed by atoms with Crippen molar-refractivity contribution in [3.8, 4) is 5.88 Å². The zero-order chi connectivity index (χ0) is 18.4. The molecule has 0 aliphatic carbocycles. The number of ether oxygens (including phenoxy) is 1. The fraction of sp³-hybridized carbons (Fsp3) is 0.250. The summed E-state index contributed by atoms with van der Waals surface area (Å²) in [5, 5.41) is 2.38.